The standard InChI is InChI=1S/C18H24N2S/c1-18(2)14-20(10-8-15-9-11-21-13-15)17(12-19-18)16-6-4-3-5-7-16/h3-7,9,11,13,17,19H,8,10,12,14H2,1-2H3. The van der Waals surface area contributed by atoms with Gasteiger partial charge in [0, 0.05) is 31.2 Å². The van der Waals surface area contributed by atoms with Gasteiger partial charge in [0.15, 0.2) is 0 Å². The van der Waals surface area contributed by atoms with E-state index in [4.69, 9.17) is 0 Å². The molecule has 1 unspecified atom stereocenters. The predicted octanol–water partition coefficient (Wildman–Crippen LogP) is 3.72. The summed E-state index contributed by atoms with van der Waals surface area (Å²) in [7, 11) is 0. The fourth-order valence-corrected chi connectivity index (χ4v) is 3.83. The van der Waals surface area contributed by atoms with Gasteiger partial charge in [-0.15, -0.1) is 0 Å². The summed E-state index contributed by atoms with van der Waals surface area (Å²) < 4.78 is 0. The molecule has 112 valence electrons. The summed E-state index contributed by atoms with van der Waals surface area (Å²) >= 11 is 1.79. The lowest BCUT2D eigenvalue weighted by molar-refractivity contribution is 0.0963. The highest BCUT2D eigenvalue weighted by Crippen LogP contribution is 2.27. The Morgan fingerprint density at radius 1 is 1.24 bits per heavy atom. The Labute approximate surface area is 131 Å². The summed E-state index contributed by atoms with van der Waals surface area (Å²) in [6, 6.07) is 13.6. The van der Waals surface area contributed by atoms with Gasteiger partial charge in [-0.25, -0.2) is 0 Å². The van der Waals surface area contributed by atoms with Crippen LogP contribution in [-0.4, -0.2) is 30.1 Å². The van der Waals surface area contributed by atoms with Crippen molar-refractivity contribution in [3.63, 3.8) is 0 Å². The first-order chi connectivity index (χ1) is 10.1. The van der Waals surface area contributed by atoms with Gasteiger partial charge in [0.2, 0.25) is 0 Å². The molecule has 2 heterocycles. The van der Waals surface area contributed by atoms with Gasteiger partial charge in [0.1, 0.15) is 0 Å². The SMILES string of the molecule is CC1(C)CN(CCc2ccsc2)C(c2ccccc2)CN1. The molecule has 0 aliphatic carbocycles. The summed E-state index contributed by atoms with van der Waals surface area (Å²) in [6.07, 6.45) is 1.14. The molecule has 1 aromatic heterocycles. The summed E-state index contributed by atoms with van der Waals surface area (Å²) in [6.45, 7) is 7.84. The van der Waals surface area contributed by atoms with E-state index < -0.39 is 0 Å². The number of benzene rings is 1. The third kappa shape index (κ3) is 3.73. The molecule has 3 heteroatoms. The van der Waals surface area contributed by atoms with Crippen molar-refractivity contribution in [1.82, 2.24) is 10.2 Å². The lowest BCUT2D eigenvalue weighted by Gasteiger charge is -2.45. The second-order valence-electron chi connectivity index (χ2n) is 6.54. The number of piperazine rings is 1. The lowest BCUT2D eigenvalue weighted by atomic mass is 9.94. The van der Waals surface area contributed by atoms with Crippen LogP contribution in [0, 0.1) is 0 Å². The average molecular weight is 300 g/mol. The Morgan fingerprint density at radius 2 is 2.05 bits per heavy atom. The molecule has 0 saturated carbocycles. The first kappa shape index (κ1) is 14.8. The highest BCUT2D eigenvalue weighted by Gasteiger charge is 2.32. The molecule has 0 radical (unpaired) electrons. The van der Waals surface area contributed by atoms with Crippen LogP contribution in [0.15, 0.2) is 47.2 Å². The van der Waals surface area contributed by atoms with Gasteiger partial charge < -0.3 is 5.32 Å². The van der Waals surface area contributed by atoms with Gasteiger partial charge in [-0.3, -0.25) is 4.90 Å². The fourth-order valence-electron chi connectivity index (χ4n) is 3.12. The Morgan fingerprint density at radius 3 is 2.76 bits per heavy atom. The highest BCUT2D eigenvalue weighted by atomic mass is 32.1. The second-order valence-corrected chi connectivity index (χ2v) is 7.32. The minimum absolute atomic E-state index is 0.194. The van der Waals surface area contributed by atoms with Crippen LogP contribution in [0.2, 0.25) is 0 Å². The van der Waals surface area contributed by atoms with Crippen LogP contribution in [-0.2, 0) is 6.42 Å². The van der Waals surface area contributed by atoms with Crippen molar-refractivity contribution in [2.24, 2.45) is 0 Å². The minimum Gasteiger partial charge on any atom is -0.309 e. The monoisotopic (exact) mass is 300 g/mol. The van der Waals surface area contributed by atoms with Crippen LogP contribution in [0.4, 0.5) is 0 Å². The van der Waals surface area contributed by atoms with Crippen LogP contribution in [0.5, 0.6) is 0 Å². The molecule has 0 bridgehead atoms. The van der Waals surface area contributed by atoms with Crippen molar-refractivity contribution in [3.05, 3.63) is 58.3 Å². The smallest absolute Gasteiger partial charge is 0.0473 e. The molecule has 1 aliphatic heterocycles. The van der Waals surface area contributed by atoms with Crippen LogP contribution in [0.3, 0.4) is 0 Å². The quantitative estimate of drug-likeness (QED) is 0.926. The van der Waals surface area contributed by atoms with Crippen LogP contribution < -0.4 is 5.32 Å². The molecule has 0 amide bonds. The van der Waals surface area contributed by atoms with E-state index in [1.54, 1.807) is 11.3 Å². The maximum Gasteiger partial charge on any atom is 0.0473 e. The Kier molecular flexibility index (Phi) is 4.43. The Bertz CT molecular complexity index is 548. The first-order valence-corrected chi connectivity index (χ1v) is 8.63. The fraction of sp³-hybridized carbons (Fsp3) is 0.444. The van der Waals surface area contributed by atoms with E-state index in [1.807, 2.05) is 0 Å². The van der Waals surface area contributed by atoms with E-state index in [0.717, 1.165) is 26.1 Å². The molecule has 2 aromatic rings. The topological polar surface area (TPSA) is 15.3 Å². The average Bonchev–Trinajstić information content (AvgIpc) is 2.98. The van der Waals surface area contributed by atoms with E-state index in [2.05, 4.69) is 71.2 Å². The number of nitrogens with zero attached hydrogens (tertiary/aromatic N) is 1. The van der Waals surface area contributed by atoms with Gasteiger partial charge in [-0.2, -0.15) is 11.3 Å². The lowest BCUT2D eigenvalue weighted by Crippen LogP contribution is -2.58. The van der Waals surface area contributed by atoms with Gasteiger partial charge in [-0.05, 0) is 48.2 Å². The van der Waals surface area contributed by atoms with E-state index >= 15 is 0 Å². The van der Waals surface area contributed by atoms with Crippen molar-refractivity contribution >= 4 is 11.3 Å². The molecule has 1 aliphatic rings. The van der Waals surface area contributed by atoms with Crippen LogP contribution in [0.25, 0.3) is 0 Å². The molecule has 2 nitrogen and oxygen atoms in total. The van der Waals surface area contributed by atoms with Crippen molar-refractivity contribution in [2.45, 2.75) is 31.8 Å². The maximum atomic E-state index is 3.69. The van der Waals surface area contributed by atoms with Crippen molar-refractivity contribution in [3.8, 4) is 0 Å². The predicted molar refractivity (Wildman–Crippen MR) is 90.9 cm³/mol. The van der Waals surface area contributed by atoms with E-state index in [9.17, 15) is 0 Å². The van der Waals surface area contributed by atoms with E-state index in [-0.39, 0.29) is 5.54 Å². The maximum absolute atomic E-state index is 3.69. The number of rotatable bonds is 4. The van der Waals surface area contributed by atoms with Gasteiger partial charge in [0.05, 0.1) is 0 Å². The van der Waals surface area contributed by atoms with Gasteiger partial charge in [-0.1, -0.05) is 30.3 Å². The summed E-state index contributed by atoms with van der Waals surface area (Å²) in [5, 5.41) is 8.13. The molecule has 1 N–H and O–H groups in total. The molecular formula is C18H24N2S. The number of thiophene rings is 1. The number of hydrogen-bond acceptors (Lipinski definition) is 3. The van der Waals surface area contributed by atoms with E-state index in [1.165, 1.54) is 11.1 Å². The minimum atomic E-state index is 0.194. The summed E-state index contributed by atoms with van der Waals surface area (Å²) in [5.74, 6) is 0. The molecule has 1 atom stereocenters. The molecule has 1 aromatic carbocycles. The zero-order valence-corrected chi connectivity index (χ0v) is 13.7. The number of hydrogen-bond donors (Lipinski definition) is 1. The zero-order valence-electron chi connectivity index (χ0n) is 12.9. The third-order valence-corrected chi connectivity index (χ3v) is 5.00. The molecule has 1 saturated heterocycles. The summed E-state index contributed by atoms with van der Waals surface area (Å²) in [4.78, 5) is 2.64. The van der Waals surface area contributed by atoms with Crippen molar-refractivity contribution in [2.75, 3.05) is 19.6 Å². The normalized spacial score (nSPS) is 22.3. The highest BCUT2D eigenvalue weighted by molar-refractivity contribution is 7.07. The first-order valence-electron chi connectivity index (χ1n) is 7.69. The van der Waals surface area contributed by atoms with Gasteiger partial charge in [0.25, 0.3) is 0 Å². The molecule has 3 rings (SSSR count). The molecular weight excluding hydrogens is 276 g/mol. The number of nitrogens with one attached hydrogen (secondary N) is 1. The second kappa shape index (κ2) is 6.30. The van der Waals surface area contributed by atoms with Crippen LogP contribution in [0.1, 0.15) is 31.0 Å². The third-order valence-electron chi connectivity index (χ3n) is 4.27. The Hall–Kier alpha value is -1.16. The molecule has 21 heavy (non-hydrogen) atoms. The summed E-state index contributed by atoms with van der Waals surface area (Å²) in [5.41, 5.74) is 3.08. The van der Waals surface area contributed by atoms with E-state index in [0.29, 0.717) is 6.04 Å². The van der Waals surface area contributed by atoms with Crippen molar-refractivity contribution < 1.29 is 0 Å². The largest absolute Gasteiger partial charge is 0.309 e. The zero-order chi connectivity index (χ0) is 14.7. The van der Waals surface area contributed by atoms with Gasteiger partial charge >= 0.3 is 0 Å². The Balaban J connectivity index is 1.74. The van der Waals surface area contributed by atoms with Crippen molar-refractivity contribution in [1.29, 1.82) is 0 Å². The van der Waals surface area contributed by atoms with Crippen LogP contribution >= 0.6 is 11.3 Å². The molecule has 1 fully saturated rings. The molecule has 0 spiro atoms.